The van der Waals surface area contributed by atoms with Gasteiger partial charge in [0.1, 0.15) is 0 Å². The number of aliphatic carboxylic acids is 1. The van der Waals surface area contributed by atoms with E-state index in [1.165, 1.54) is 14.2 Å². The summed E-state index contributed by atoms with van der Waals surface area (Å²) in [5.74, 6) is -1.06. The largest absolute Gasteiger partial charge is 0.493 e. The molecule has 0 radical (unpaired) electrons. The van der Waals surface area contributed by atoms with Gasteiger partial charge in [0.25, 0.3) is 0 Å². The highest BCUT2D eigenvalue weighted by Crippen LogP contribution is 2.34. The first-order chi connectivity index (χ1) is 12.9. The summed E-state index contributed by atoms with van der Waals surface area (Å²) in [7, 11) is 3.06. The minimum absolute atomic E-state index is 0.126. The van der Waals surface area contributed by atoms with Gasteiger partial charge in [-0.2, -0.15) is 0 Å². The summed E-state index contributed by atoms with van der Waals surface area (Å²) >= 11 is 0. The van der Waals surface area contributed by atoms with Crippen molar-refractivity contribution in [3.05, 3.63) is 18.2 Å². The first-order valence-electron chi connectivity index (χ1n) is 8.98. The van der Waals surface area contributed by atoms with E-state index in [0.29, 0.717) is 36.6 Å². The van der Waals surface area contributed by atoms with E-state index < -0.39 is 17.8 Å². The van der Waals surface area contributed by atoms with Crippen molar-refractivity contribution in [2.45, 2.75) is 19.3 Å². The number of carboxylic acids is 1. The first kappa shape index (κ1) is 19.0. The summed E-state index contributed by atoms with van der Waals surface area (Å²) in [6, 6.07) is 5.19. The summed E-state index contributed by atoms with van der Waals surface area (Å²) in [5, 5.41) is 9.21. The number of carbonyl (C=O) groups is 3. The van der Waals surface area contributed by atoms with Crippen LogP contribution in [-0.2, 0) is 14.4 Å². The number of hydrogen-bond donors (Lipinski definition) is 1. The van der Waals surface area contributed by atoms with Gasteiger partial charge < -0.3 is 24.4 Å². The number of methoxy groups -OCH3 is 2. The lowest BCUT2D eigenvalue weighted by Crippen LogP contribution is -2.45. The maximum atomic E-state index is 12.8. The highest BCUT2D eigenvalue weighted by atomic mass is 16.5. The van der Waals surface area contributed by atoms with Crippen molar-refractivity contribution >= 4 is 23.5 Å². The number of amides is 2. The molecule has 2 fully saturated rings. The fraction of sp³-hybridized carbons (Fsp3) is 0.526. The Morgan fingerprint density at radius 3 is 2.52 bits per heavy atom. The molecule has 3 rings (SSSR count). The Morgan fingerprint density at radius 2 is 1.85 bits per heavy atom. The van der Waals surface area contributed by atoms with E-state index in [9.17, 15) is 19.5 Å². The van der Waals surface area contributed by atoms with Crippen LogP contribution in [0.2, 0.25) is 0 Å². The van der Waals surface area contributed by atoms with Crippen molar-refractivity contribution in [2.24, 2.45) is 11.8 Å². The van der Waals surface area contributed by atoms with Crippen LogP contribution in [0.3, 0.4) is 0 Å². The number of ether oxygens (including phenoxy) is 2. The molecule has 0 unspecified atom stereocenters. The SMILES string of the molecule is COc1ccc(N2C[C@H](C(=O)N3CCC[C@H](C(=O)O)C3)CC2=O)cc1OC. The van der Waals surface area contributed by atoms with Crippen LogP contribution in [0.4, 0.5) is 5.69 Å². The molecule has 0 saturated carbocycles. The zero-order valence-corrected chi connectivity index (χ0v) is 15.5. The maximum Gasteiger partial charge on any atom is 0.308 e. The summed E-state index contributed by atoms with van der Waals surface area (Å²) in [6.45, 7) is 1.04. The number of carboxylic acid groups (broad SMARTS) is 1. The summed E-state index contributed by atoms with van der Waals surface area (Å²) < 4.78 is 10.5. The van der Waals surface area contributed by atoms with Gasteiger partial charge >= 0.3 is 5.97 Å². The second-order valence-corrected chi connectivity index (χ2v) is 6.91. The molecule has 27 heavy (non-hydrogen) atoms. The predicted octanol–water partition coefficient (Wildman–Crippen LogP) is 1.38. The van der Waals surface area contributed by atoms with Gasteiger partial charge in [0.2, 0.25) is 11.8 Å². The summed E-state index contributed by atoms with van der Waals surface area (Å²) in [6.07, 6.45) is 1.38. The third kappa shape index (κ3) is 3.84. The molecule has 2 heterocycles. The van der Waals surface area contributed by atoms with E-state index in [2.05, 4.69) is 0 Å². The van der Waals surface area contributed by atoms with Gasteiger partial charge in [-0.1, -0.05) is 0 Å². The Morgan fingerprint density at radius 1 is 1.11 bits per heavy atom. The van der Waals surface area contributed by atoms with Crippen LogP contribution < -0.4 is 14.4 Å². The maximum absolute atomic E-state index is 12.8. The molecule has 2 saturated heterocycles. The van der Waals surface area contributed by atoms with Gasteiger partial charge in [-0.3, -0.25) is 14.4 Å². The van der Waals surface area contributed by atoms with E-state index in [-0.39, 0.29) is 31.3 Å². The minimum atomic E-state index is -0.873. The highest BCUT2D eigenvalue weighted by Gasteiger charge is 2.39. The summed E-state index contributed by atoms with van der Waals surface area (Å²) in [4.78, 5) is 39.7. The fourth-order valence-corrected chi connectivity index (χ4v) is 3.75. The van der Waals surface area contributed by atoms with Crippen molar-refractivity contribution in [1.29, 1.82) is 0 Å². The smallest absolute Gasteiger partial charge is 0.308 e. The molecule has 2 atom stereocenters. The van der Waals surface area contributed by atoms with Crippen molar-refractivity contribution < 1.29 is 29.0 Å². The number of benzene rings is 1. The van der Waals surface area contributed by atoms with Crippen LogP contribution in [-0.4, -0.2) is 61.6 Å². The number of piperidine rings is 1. The Bertz CT molecular complexity index is 750. The zero-order valence-electron chi connectivity index (χ0n) is 15.5. The minimum Gasteiger partial charge on any atom is -0.493 e. The molecule has 0 aliphatic carbocycles. The van der Waals surface area contributed by atoms with Gasteiger partial charge in [0, 0.05) is 37.8 Å². The summed E-state index contributed by atoms with van der Waals surface area (Å²) in [5.41, 5.74) is 0.648. The molecule has 8 nitrogen and oxygen atoms in total. The van der Waals surface area contributed by atoms with Gasteiger partial charge in [-0.05, 0) is 25.0 Å². The average molecular weight is 376 g/mol. The van der Waals surface area contributed by atoms with Crippen LogP contribution in [0, 0.1) is 11.8 Å². The second kappa shape index (κ2) is 7.85. The van der Waals surface area contributed by atoms with E-state index in [4.69, 9.17) is 9.47 Å². The molecule has 1 aromatic rings. The number of nitrogens with zero attached hydrogens (tertiary/aromatic N) is 2. The Hall–Kier alpha value is -2.77. The molecular weight excluding hydrogens is 352 g/mol. The third-order valence-electron chi connectivity index (χ3n) is 5.24. The number of carbonyl (C=O) groups excluding carboxylic acids is 2. The van der Waals surface area contributed by atoms with Crippen molar-refractivity contribution in [2.75, 3.05) is 38.8 Å². The van der Waals surface area contributed by atoms with Crippen LogP contribution in [0.25, 0.3) is 0 Å². The molecule has 146 valence electrons. The van der Waals surface area contributed by atoms with Crippen molar-refractivity contribution in [3.8, 4) is 11.5 Å². The van der Waals surface area contributed by atoms with Crippen LogP contribution in [0.1, 0.15) is 19.3 Å². The lowest BCUT2D eigenvalue weighted by Gasteiger charge is -2.32. The molecule has 2 aliphatic heterocycles. The van der Waals surface area contributed by atoms with E-state index in [1.807, 2.05) is 0 Å². The molecule has 0 bridgehead atoms. The van der Waals surface area contributed by atoms with Gasteiger partial charge in [-0.25, -0.2) is 0 Å². The quantitative estimate of drug-likeness (QED) is 0.834. The molecule has 1 aromatic carbocycles. The Labute approximate surface area is 157 Å². The van der Waals surface area contributed by atoms with Gasteiger partial charge in [0.15, 0.2) is 11.5 Å². The van der Waals surface area contributed by atoms with Gasteiger partial charge in [-0.15, -0.1) is 0 Å². The molecule has 0 aromatic heterocycles. The fourth-order valence-electron chi connectivity index (χ4n) is 3.75. The Kier molecular flexibility index (Phi) is 5.53. The van der Waals surface area contributed by atoms with Gasteiger partial charge in [0.05, 0.1) is 26.1 Å². The molecular formula is C19H24N2O6. The lowest BCUT2D eigenvalue weighted by molar-refractivity contribution is -0.146. The molecule has 2 amide bonds. The number of anilines is 1. The van der Waals surface area contributed by atoms with Crippen LogP contribution in [0.5, 0.6) is 11.5 Å². The van der Waals surface area contributed by atoms with E-state index in [0.717, 1.165) is 0 Å². The standard InChI is InChI=1S/C19H24N2O6/c1-26-15-6-5-14(9-16(15)27-2)21-11-13(8-17(21)22)18(23)20-7-3-4-12(10-20)19(24)25/h5-6,9,12-13H,3-4,7-8,10-11H2,1-2H3,(H,24,25)/t12-,13+/m0/s1. The number of likely N-dealkylation sites (tertiary alicyclic amines) is 1. The average Bonchev–Trinajstić information content (AvgIpc) is 3.08. The predicted molar refractivity (Wildman–Crippen MR) is 96.9 cm³/mol. The number of hydrogen-bond acceptors (Lipinski definition) is 5. The van der Waals surface area contributed by atoms with Crippen molar-refractivity contribution in [1.82, 2.24) is 4.90 Å². The third-order valence-corrected chi connectivity index (χ3v) is 5.24. The molecule has 0 spiro atoms. The topological polar surface area (TPSA) is 96.4 Å². The van der Waals surface area contributed by atoms with Crippen molar-refractivity contribution in [3.63, 3.8) is 0 Å². The first-order valence-corrected chi connectivity index (χ1v) is 8.98. The monoisotopic (exact) mass is 376 g/mol. The van der Waals surface area contributed by atoms with Crippen LogP contribution >= 0.6 is 0 Å². The molecule has 8 heteroatoms. The van der Waals surface area contributed by atoms with E-state index in [1.54, 1.807) is 28.0 Å². The molecule has 1 N–H and O–H groups in total. The lowest BCUT2D eigenvalue weighted by atomic mass is 9.96. The zero-order chi connectivity index (χ0) is 19.6. The Balaban J connectivity index is 1.71. The molecule has 2 aliphatic rings. The normalized spacial score (nSPS) is 22.7. The van der Waals surface area contributed by atoms with Crippen LogP contribution in [0.15, 0.2) is 18.2 Å². The number of rotatable bonds is 5. The highest BCUT2D eigenvalue weighted by molar-refractivity contribution is 6.00. The van der Waals surface area contributed by atoms with E-state index >= 15 is 0 Å². The second-order valence-electron chi connectivity index (χ2n) is 6.91.